The van der Waals surface area contributed by atoms with Gasteiger partial charge in [-0.3, -0.25) is 0 Å². The zero-order valence-corrected chi connectivity index (χ0v) is 14.5. The Kier molecular flexibility index (Phi) is 5.28. The normalized spacial score (nSPS) is 12.7. The number of benzene rings is 2. The van der Waals surface area contributed by atoms with Gasteiger partial charge in [-0.15, -0.1) is 0 Å². The number of hydrogen-bond acceptors (Lipinski definition) is 4. The first-order valence-electron chi connectivity index (χ1n) is 7.18. The molecular formula is C17H21NO4S. The highest BCUT2D eigenvalue weighted by molar-refractivity contribution is 7.89. The second-order valence-corrected chi connectivity index (χ2v) is 6.95. The van der Waals surface area contributed by atoms with Crippen LogP contribution in [0.15, 0.2) is 47.4 Å². The minimum absolute atomic E-state index is 0.0831. The van der Waals surface area contributed by atoms with Crippen molar-refractivity contribution in [2.45, 2.75) is 24.8 Å². The van der Waals surface area contributed by atoms with Crippen molar-refractivity contribution in [3.63, 3.8) is 0 Å². The molecule has 2 rings (SSSR count). The maximum absolute atomic E-state index is 12.6. The first-order valence-corrected chi connectivity index (χ1v) is 8.66. The van der Waals surface area contributed by atoms with Crippen molar-refractivity contribution in [1.29, 1.82) is 0 Å². The lowest BCUT2D eigenvalue weighted by atomic mass is 10.1. The molecule has 0 bridgehead atoms. The predicted molar refractivity (Wildman–Crippen MR) is 89.5 cm³/mol. The summed E-state index contributed by atoms with van der Waals surface area (Å²) in [5.41, 5.74) is 2.02. The summed E-state index contributed by atoms with van der Waals surface area (Å²) < 4.78 is 38.2. The van der Waals surface area contributed by atoms with Gasteiger partial charge in [0.25, 0.3) is 0 Å². The number of sulfonamides is 1. The zero-order chi connectivity index (χ0) is 17.0. The van der Waals surface area contributed by atoms with Gasteiger partial charge >= 0.3 is 0 Å². The molecule has 0 saturated carbocycles. The average molecular weight is 335 g/mol. The first-order chi connectivity index (χ1) is 10.9. The quantitative estimate of drug-likeness (QED) is 0.881. The maximum atomic E-state index is 12.6. The lowest BCUT2D eigenvalue weighted by Gasteiger charge is -2.17. The number of aryl methyl sites for hydroxylation is 1. The van der Waals surface area contributed by atoms with Crippen LogP contribution in [0.2, 0.25) is 0 Å². The fraction of sp³-hybridized carbons (Fsp3) is 0.294. The second kappa shape index (κ2) is 7.02. The molecule has 6 heteroatoms. The van der Waals surface area contributed by atoms with E-state index < -0.39 is 10.0 Å². The van der Waals surface area contributed by atoms with Crippen molar-refractivity contribution in [2.75, 3.05) is 14.2 Å². The highest BCUT2D eigenvalue weighted by atomic mass is 32.2. The molecule has 1 N–H and O–H groups in total. The predicted octanol–water partition coefficient (Wildman–Crippen LogP) is 3.05. The standard InChI is InChI=1S/C17H21NO4S/c1-12-5-7-14(8-6-12)13(2)18-23(19,20)17-10-9-15(21-3)11-16(17)22-4/h5-11,13,18H,1-4H3. The Bertz CT molecular complexity index is 770. The second-order valence-electron chi connectivity index (χ2n) is 5.27. The molecule has 0 aliphatic heterocycles. The van der Waals surface area contributed by atoms with Gasteiger partial charge in [0.05, 0.1) is 14.2 Å². The van der Waals surface area contributed by atoms with Crippen LogP contribution in [0.3, 0.4) is 0 Å². The molecule has 0 radical (unpaired) electrons. The van der Waals surface area contributed by atoms with E-state index in [1.165, 1.54) is 20.3 Å². The molecular weight excluding hydrogens is 314 g/mol. The van der Waals surface area contributed by atoms with Gasteiger partial charge in [0.2, 0.25) is 10.0 Å². The molecule has 0 fully saturated rings. The zero-order valence-electron chi connectivity index (χ0n) is 13.7. The summed E-state index contributed by atoms with van der Waals surface area (Å²) in [6, 6.07) is 12.0. The highest BCUT2D eigenvalue weighted by Gasteiger charge is 2.22. The molecule has 0 spiro atoms. The fourth-order valence-corrected chi connectivity index (χ4v) is 3.60. The topological polar surface area (TPSA) is 64.6 Å². The van der Waals surface area contributed by atoms with Gasteiger partial charge in [-0.25, -0.2) is 13.1 Å². The van der Waals surface area contributed by atoms with E-state index in [0.29, 0.717) is 5.75 Å². The number of nitrogens with one attached hydrogen (secondary N) is 1. The van der Waals surface area contributed by atoms with Crippen molar-refractivity contribution in [3.8, 4) is 11.5 Å². The molecule has 1 unspecified atom stereocenters. The number of hydrogen-bond donors (Lipinski definition) is 1. The van der Waals surface area contributed by atoms with E-state index in [0.717, 1.165) is 11.1 Å². The molecule has 0 aliphatic carbocycles. The minimum Gasteiger partial charge on any atom is -0.497 e. The largest absolute Gasteiger partial charge is 0.497 e. The number of methoxy groups -OCH3 is 2. The molecule has 1 atom stereocenters. The van der Waals surface area contributed by atoms with E-state index in [1.807, 2.05) is 31.2 Å². The van der Waals surface area contributed by atoms with Crippen LogP contribution in [-0.2, 0) is 10.0 Å². The molecule has 124 valence electrons. The van der Waals surface area contributed by atoms with Crippen LogP contribution >= 0.6 is 0 Å². The smallest absolute Gasteiger partial charge is 0.244 e. The van der Waals surface area contributed by atoms with E-state index in [9.17, 15) is 8.42 Å². The molecule has 23 heavy (non-hydrogen) atoms. The fourth-order valence-electron chi connectivity index (χ4n) is 2.22. The SMILES string of the molecule is COc1ccc(S(=O)(=O)NC(C)c2ccc(C)cc2)c(OC)c1. The average Bonchev–Trinajstić information content (AvgIpc) is 2.54. The number of ether oxygens (including phenoxy) is 2. The summed E-state index contributed by atoms with van der Waals surface area (Å²) in [4.78, 5) is 0.0831. The van der Waals surface area contributed by atoms with E-state index in [-0.39, 0.29) is 16.7 Å². The van der Waals surface area contributed by atoms with Gasteiger partial charge in [-0.1, -0.05) is 29.8 Å². The lowest BCUT2D eigenvalue weighted by molar-refractivity contribution is 0.385. The molecule has 0 saturated heterocycles. The van der Waals surface area contributed by atoms with Crippen LogP contribution in [0.25, 0.3) is 0 Å². The molecule has 0 heterocycles. The summed E-state index contributed by atoms with van der Waals surface area (Å²) in [6.45, 7) is 3.79. The van der Waals surface area contributed by atoms with E-state index in [2.05, 4.69) is 4.72 Å². The van der Waals surface area contributed by atoms with Gasteiger partial charge in [0.15, 0.2) is 0 Å². The van der Waals surface area contributed by atoms with Crippen molar-refractivity contribution in [1.82, 2.24) is 4.72 Å². The third-order valence-corrected chi connectivity index (χ3v) is 5.15. The van der Waals surface area contributed by atoms with Crippen molar-refractivity contribution >= 4 is 10.0 Å². The van der Waals surface area contributed by atoms with Crippen LogP contribution in [0.1, 0.15) is 24.1 Å². The van der Waals surface area contributed by atoms with Crippen LogP contribution in [0.5, 0.6) is 11.5 Å². The first kappa shape index (κ1) is 17.3. The third kappa shape index (κ3) is 4.03. The van der Waals surface area contributed by atoms with Crippen molar-refractivity contribution < 1.29 is 17.9 Å². The van der Waals surface area contributed by atoms with Gasteiger partial charge in [0, 0.05) is 12.1 Å². The van der Waals surface area contributed by atoms with Crippen LogP contribution in [0, 0.1) is 6.92 Å². The van der Waals surface area contributed by atoms with Gasteiger partial charge < -0.3 is 9.47 Å². The van der Waals surface area contributed by atoms with Crippen LogP contribution < -0.4 is 14.2 Å². The van der Waals surface area contributed by atoms with Crippen LogP contribution in [-0.4, -0.2) is 22.6 Å². The summed E-state index contributed by atoms with van der Waals surface area (Å²) in [6.07, 6.45) is 0. The third-order valence-electron chi connectivity index (χ3n) is 3.57. The van der Waals surface area contributed by atoms with E-state index in [1.54, 1.807) is 19.1 Å². The summed E-state index contributed by atoms with van der Waals surface area (Å²) in [7, 11) is -0.774. The van der Waals surface area contributed by atoms with Gasteiger partial charge in [-0.2, -0.15) is 0 Å². The highest BCUT2D eigenvalue weighted by Crippen LogP contribution is 2.29. The molecule has 0 amide bonds. The Morgan fingerprint density at radius 1 is 1.00 bits per heavy atom. The minimum atomic E-state index is -3.72. The monoisotopic (exact) mass is 335 g/mol. The molecule has 2 aromatic rings. The number of rotatable bonds is 6. The molecule has 5 nitrogen and oxygen atoms in total. The Balaban J connectivity index is 2.29. The molecule has 2 aromatic carbocycles. The Morgan fingerprint density at radius 3 is 2.22 bits per heavy atom. The Labute approximate surface area is 137 Å². The van der Waals surface area contributed by atoms with E-state index >= 15 is 0 Å². The summed E-state index contributed by atoms with van der Waals surface area (Å²) in [5, 5.41) is 0. The molecule has 0 aromatic heterocycles. The van der Waals surface area contributed by atoms with Gasteiger partial charge in [-0.05, 0) is 31.5 Å². The van der Waals surface area contributed by atoms with Crippen molar-refractivity contribution in [2.24, 2.45) is 0 Å². The maximum Gasteiger partial charge on any atom is 0.244 e. The lowest BCUT2D eigenvalue weighted by Crippen LogP contribution is -2.27. The van der Waals surface area contributed by atoms with E-state index in [4.69, 9.17) is 9.47 Å². The Hall–Kier alpha value is -2.05. The molecule has 0 aliphatic rings. The summed E-state index contributed by atoms with van der Waals surface area (Å²) in [5.74, 6) is 0.778. The Morgan fingerprint density at radius 2 is 1.65 bits per heavy atom. The van der Waals surface area contributed by atoms with Gasteiger partial charge in [0.1, 0.15) is 16.4 Å². The summed E-state index contributed by atoms with van der Waals surface area (Å²) >= 11 is 0. The van der Waals surface area contributed by atoms with Crippen LogP contribution in [0.4, 0.5) is 0 Å². The van der Waals surface area contributed by atoms with Crippen molar-refractivity contribution in [3.05, 3.63) is 53.6 Å².